The second kappa shape index (κ2) is 13.1. The minimum atomic E-state index is 0. The average molecular weight is 576 g/mol. The Kier molecular flexibility index (Phi) is 10.5. The standard InChI is InChI=1S/C22H33N5OS2.HI/c1-2-23-22(24-7-9-26-8-5-20-18(17-26)6-15-30-20)25-16-19(21-4-3-14-29-21)27-10-12-28-13-11-27;/h3-4,6,14-15,19H,2,5,7-13,16-17H2,1H3,(H2,23,24,25);1H. The third-order valence-corrected chi connectivity index (χ3v) is 7.73. The van der Waals surface area contributed by atoms with E-state index in [-0.39, 0.29) is 24.0 Å². The van der Waals surface area contributed by atoms with E-state index >= 15 is 0 Å². The number of nitrogens with one attached hydrogen (secondary N) is 2. The van der Waals surface area contributed by atoms with Crippen molar-refractivity contribution >= 4 is 52.6 Å². The Labute approximate surface area is 211 Å². The van der Waals surface area contributed by atoms with Gasteiger partial charge in [0.05, 0.1) is 25.8 Å². The first kappa shape index (κ1) is 24.9. The quantitative estimate of drug-likeness (QED) is 0.287. The Balaban J connectivity index is 0.00000272. The van der Waals surface area contributed by atoms with Crippen LogP contribution in [-0.2, 0) is 17.7 Å². The van der Waals surface area contributed by atoms with Crippen molar-refractivity contribution < 1.29 is 4.74 Å². The molecule has 172 valence electrons. The minimum absolute atomic E-state index is 0. The predicted molar refractivity (Wildman–Crippen MR) is 142 cm³/mol. The van der Waals surface area contributed by atoms with Crippen LogP contribution < -0.4 is 10.6 Å². The van der Waals surface area contributed by atoms with Crippen LogP contribution in [0.1, 0.15) is 28.3 Å². The molecule has 9 heteroatoms. The third-order valence-electron chi connectivity index (χ3n) is 5.73. The van der Waals surface area contributed by atoms with E-state index in [1.807, 2.05) is 22.7 Å². The van der Waals surface area contributed by atoms with Gasteiger partial charge in [0.25, 0.3) is 0 Å². The molecule has 4 rings (SSSR count). The Hall–Kier alpha value is -0.720. The second-order valence-corrected chi connectivity index (χ2v) is 9.70. The SMILES string of the molecule is CCNC(=NCC(c1cccs1)N1CCOCC1)NCCN1CCc2sccc2C1.I. The van der Waals surface area contributed by atoms with E-state index in [1.165, 1.54) is 16.9 Å². The van der Waals surface area contributed by atoms with E-state index in [2.05, 4.69) is 56.3 Å². The van der Waals surface area contributed by atoms with Gasteiger partial charge in [-0.05, 0) is 41.8 Å². The van der Waals surface area contributed by atoms with E-state index in [9.17, 15) is 0 Å². The average Bonchev–Trinajstić information content (AvgIpc) is 3.46. The van der Waals surface area contributed by atoms with Gasteiger partial charge in [0.2, 0.25) is 0 Å². The van der Waals surface area contributed by atoms with E-state index in [1.54, 1.807) is 4.88 Å². The van der Waals surface area contributed by atoms with Crippen LogP contribution in [0.5, 0.6) is 0 Å². The van der Waals surface area contributed by atoms with Crippen molar-refractivity contribution in [2.75, 3.05) is 59.0 Å². The number of hydrogen-bond donors (Lipinski definition) is 2. The number of halogens is 1. The van der Waals surface area contributed by atoms with E-state index in [0.717, 1.165) is 71.5 Å². The molecule has 1 unspecified atom stereocenters. The molecule has 0 radical (unpaired) electrons. The maximum atomic E-state index is 5.56. The van der Waals surface area contributed by atoms with Crippen molar-refractivity contribution in [3.8, 4) is 0 Å². The summed E-state index contributed by atoms with van der Waals surface area (Å²) in [7, 11) is 0. The zero-order chi connectivity index (χ0) is 20.6. The number of fused-ring (bicyclic) bond motifs is 1. The highest BCUT2D eigenvalue weighted by Gasteiger charge is 2.23. The number of hydrogen-bond acceptors (Lipinski definition) is 6. The number of morpholine rings is 1. The topological polar surface area (TPSA) is 52.1 Å². The lowest BCUT2D eigenvalue weighted by Gasteiger charge is -2.33. The summed E-state index contributed by atoms with van der Waals surface area (Å²) in [6, 6.07) is 6.97. The van der Waals surface area contributed by atoms with Crippen molar-refractivity contribution in [3.05, 3.63) is 44.3 Å². The highest BCUT2D eigenvalue weighted by molar-refractivity contribution is 14.0. The van der Waals surface area contributed by atoms with Crippen molar-refractivity contribution in [2.45, 2.75) is 25.9 Å². The molecule has 2 N–H and O–H groups in total. The molecule has 4 heterocycles. The molecule has 2 aromatic heterocycles. The lowest BCUT2D eigenvalue weighted by Crippen LogP contribution is -2.43. The van der Waals surface area contributed by atoms with Crippen molar-refractivity contribution in [3.63, 3.8) is 0 Å². The zero-order valence-electron chi connectivity index (χ0n) is 18.2. The summed E-state index contributed by atoms with van der Waals surface area (Å²) in [6.07, 6.45) is 1.18. The van der Waals surface area contributed by atoms with Gasteiger partial charge < -0.3 is 15.4 Å². The molecular weight excluding hydrogens is 541 g/mol. The minimum Gasteiger partial charge on any atom is -0.379 e. The molecule has 2 aliphatic heterocycles. The lowest BCUT2D eigenvalue weighted by atomic mass is 10.1. The molecule has 2 aliphatic rings. The Morgan fingerprint density at radius 2 is 2.03 bits per heavy atom. The molecule has 1 atom stereocenters. The summed E-state index contributed by atoms with van der Waals surface area (Å²) >= 11 is 3.72. The van der Waals surface area contributed by atoms with Crippen LogP contribution in [-0.4, -0.2) is 74.8 Å². The van der Waals surface area contributed by atoms with Gasteiger partial charge in [-0.15, -0.1) is 46.7 Å². The van der Waals surface area contributed by atoms with Gasteiger partial charge in [-0.2, -0.15) is 0 Å². The summed E-state index contributed by atoms with van der Waals surface area (Å²) < 4.78 is 5.56. The van der Waals surface area contributed by atoms with E-state index in [0.29, 0.717) is 6.04 Å². The Morgan fingerprint density at radius 3 is 2.81 bits per heavy atom. The molecule has 2 aromatic rings. The smallest absolute Gasteiger partial charge is 0.191 e. The second-order valence-electron chi connectivity index (χ2n) is 7.72. The molecule has 31 heavy (non-hydrogen) atoms. The maximum absolute atomic E-state index is 5.56. The first-order valence-electron chi connectivity index (χ1n) is 11.0. The van der Waals surface area contributed by atoms with Crippen LogP contribution in [0.3, 0.4) is 0 Å². The van der Waals surface area contributed by atoms with Crippen molar-refractivity contribution in [1.82, 2.24) is 20.4 Å². The van der Waals surface area contributed by atoms with Crippen molar-refractivity contribution in [1.29, 1.82) is 0 Å². The summed E-state index contributed by atoms with van der Waals surface area (Å²) in [4.78, 5) is 13.0. The summed E-state index contributed by atoms with van der Waals surface area (Å²) in [5.74, 6) is 0.917. The van der Waals surface area contributed by atoms with Gasteiger partial charge in [0, 0.05) is 55.6 Å². The molecule has 0 bridgehead atoms. The first-order valence-corrected chi connectivity index (χ1v) is 12.7. The van der Waals surface area contributed by atoms with Crippen LogP contribution in [0, 0.1) is 0 Å². The number of rotatable bonds is 8. The van der Waals surface area contributed by atoms with E-state index < -0.39 is 0 Å². The maximum Gasteiger partial charge on any atom is 0.191 e. The Morgan fingerprint density at radius 1 is 1.16 bits per heavy atom. The molecule has 0 aromatic carbocycles. The van der Waals surface area contributed by atoms with Crippen LogP contribution >= 0.6 is 46.7 Å². The Bertz CT molecular complexity index is 792. The zero-order valence-corrected chi connectivity index (χ0v) is 22.2. The van der Waals surface area contributed by atoms with Crippen LogP contribution in [0.2, 0.25) is 0 Å². The van der Waals surface area contributed by atoms with Crippen LogP contribution in [0.4, 0.5) is 0 Å². The molecule has 0 amide bonds. The number of ether oxygens (including phenoxy) is 1. The van der Waals surface area contributed by atoms with Crippen LogP contribution in [0.15, 0.2) is 34.0 Å². The molecular formula is C22H34IN5OS2. The van der Waals surface area contributed by atoms with Crippen LogP contribution in [0.25, 0.3) is 0 Å². The fraction of sp³-hybridized carbons (Fsp3) is 0.591. The summed E-state index contributed by atoms with van der Waals surface area (Å²) in [5, 5.41) is 11.4. The molecule has 6 nitrogen and oxygen atoms in total. The number of aliphatic imine (C=N–C) groups is 1. The predicted octanol–water partition coefficient (Wildman–Crippen LogP) is 3.41. The number of guanidine groups is 1. The van der Waals surface area contributed by atoms with Crippen molar-refractivity contribution in [2.24, 2.45) is 4.99 Å². The van der Waals surface area contributed by atoms with Gasteiger partial charge in [-0.1, -0.05) is 6.07 Å². The van der Waals surface area contributed by atoms with E-state index in [4.69, 9.17) is 9.73 Å². The molecule has 0 spiro atoms. The number of nitrogens with zero attached hydrogens (tertiary/aromatic N) is 3. The molecule has 0 aliphatic carbocycles. The molecule has 1 saturated heterocycles. The third kappa shape index (κ3) is 7.13. The van der Waals surface area contributed by atoms with Gasteiger partial charge in [0.1, 0.15) is 0 Å². The molecule has 1 fully saturated rings. The normalized spacial score (nSPS) is 18.8. The van der Waals surface area contributed by atoms with Gasteiger partial charge in [-0.25, -0.2) is 0 Å². The van der Waals surface area contributed by atoms with Gasteiger partial charge in [-0.3, -0.25) is 14.8 Å². The van der Waals surface area contributed by atoms with Gasteiger partial charge in [0.15, 0.2) is 5.96 Å². The van der Waals surface area contributed by atoms with Gasteiger partial charge >= 0.3 is 0 Å². The molecule has 0 saturated carbocycles. The largest absolute Gasteiger partial charge is 0.379 e. The fourth-order valence-electron chi connectivity index (χ4n) is 4.11. The highest BCUT2D eigenvalue weighted by atomic mass is 127. The first-order chi connectivity index (χ1) is 14.8. The number of thiophene rings is 2. The fourth-order valence-corrected chi connectivity index (χ4v) is 5.85. The monoisotopic (exact) mass is 575 g/mol. The highest BCUT2D eigenvalue weighted by Crippen LogP contribution is 2.26. The summed E-state index contributed by atoms with van der Waals surface area (Å²) in [5.41, 5.74) is 1.51. The lowest BCUT2D eigenvalue weighted by molar-refractivity contribution is 0.0186. The summed E-state index contributed by atoms with van der Waals surface area (Å²) in [6.45, 7) is 11.5.